The van der Waals surface area contributed by atoms with Crippen molar-refractivity contribution in [2.45, 2.75) is 31.4 Å². The fourth-order valence-corrected chi connectivity index (χ4v) is 2.92. The van der Waals surface area contributed by atoms with Crippen LogP contribution in [0.25, 0.3) is 0 Å². The van der Waals surface area contributed by atoms with Crippen molar-refractivity contribution in [1.29, 1.82) is 0 Å². The third kappa shape index (κ3) is 3.90. The van der Waals surface area contributed by atoms with Crippen LogP contribution >= 0.6 is 11.8 Å². The summed E-state index contributed by atoms with van der Waals surface area (Å²) in [6, 6.07) is 0.297. The van der Waals surface area contributed by atoms with Crippen molar-refractivity contribution in [1.82, 2.24) is 15.0 Å². The number of ether oxygens (including phenoxy) is 1. The van der Waals surface area contributed by atoms with Gasteiger partial charge in [0.25, 0.3) is 0 Å². The lowest BCUT2D eigenvalue weighted by Crippen LogP contribution is -2.16. The molecule has 3 N–H and O–H groups in total. The topological polar surface area (TPSA) is 86.0 Å². The molecule has 6 nitrogen and oxygen atoms in total. The second kappa shape index (κ2) is 6.63. The minimum atomic E-state index is 0.192. The van der Waals surface area contributed by atoms with Gasteiger partial charge in [-0.3, -0.25) is 0 Å². The van der Waals surface area contributed by atoms with Gasteiger partial charge in [-0.1, -0.05) is 6.92 Å². The normalized spacial score (nSPS) is 18.8. The Kier molecular flexibility index (Phi) is 4.86. The molecule has 0 saturated carbocycles. The quantitative estimate of drug-likeness (QED) is 0.810. The van der Waals surface area contributed by atoms with Gasteiger partial charge in [-0.05, 0) is 25.0 Å². The third-order valence-electron chi connectivity index (χ3n) is 2.58. The fraction of sp³-hybridized carbons (Fsp3) is 0.727. The van der Waals surface area contributed by atoms with E-state index < -0.39 is 0 Å². The van der Waals surface area contributed by atoms with E-state index in [9.17, 15) is 0 Å². The summed E-state index contributed by atoms with van der Waals surface area (Å²) in [4.78, 5) is 12.2. The Morgan fingerprint density at radius 2 is 2.33 bits per heavy atom. The van der Waals surface area contributed by atoms with E-state index >= 15 is 0 Å². The molecule has 7 heteroatoms. The highest BCUT2D eigenvalue weighted by Gasteiger charge is 2.15. The number of hydrogen-bond donors (Lipinski definition) is 2. The fourth-order valence-electron chi connectivity index (χ4n) is 1.72. The first kappa shape index (κ1) is 13.2. The van der Waals surface area contributed by atoms with E-state index in [-0.39, 0.29) is 5.95 Å². The van der Waals surface area contributed by atoms with Crippen LogP contribution < -0.4 is 15.8 Å². The van der Waals surface area contributed by atoms with Crippen LogP contribution in [0.5, 0.6) is 6.01 Å². The minimum Gasteiger partial charge on any atom is -0.463 e. The van der Waals surface area contributed by atoms with Crippen molar-refractivity contribution in [3.8, 4) is 6.01 Å². The van der Waals surface area contributed by atoms with E-state index in [0.29, 0.717) is 23.8 Å². The standard InChI is InChI=1S/C11H19N5OS/c1-2-5-17-11-15-9(12)14-10(16-11)13-7-8-4-3-6-18-8/h8H,2-7H2,1H3,(H3,12,13,14,15,16). The molecule has 100 valence electrons. The molecule has 1 aromatic heterocycles. The van der Waals surface area contributed by atoms with Gasteiger partial charge in [0.1, 0.15) is 0 Å². The van der Waals surface area contributed by atoms with Crippen LogP contribution in [0.15, 0.2) is 0 Å². The molecule has 1 saturated heterocycles. The van der Waals surface area contributed by atoms with Crippen molar-refractivity contribution in [3.63, 3.8) is 0 Å². The molecule has 0 amide bonds. The number of nitrogens with one attached hydrogen (secondary N) is 1. The number of hydrogen-bond acceptors (Lipinski definition) is 7. The molecular formula is C11H19N5OS. The number of nitrogens with zero attached hydrogens (tertiary/aromatic N) is 3. The molecule has 2 heterocycles. The van der Waals surface area contributed by atoms with Gasteiger partial charge in [-0.2, -0.15) is 26.7 Å². The maximum absolute atomic E-state index is 5.63. The Morgan fingerprint density at radius 1 is 1.44 bits per heavy atom. The van der Waals surface area contributed by atoms with Gasteiger partial charge in [0.2, 0.25) is 11.9 Å². The molecular weight excluding hydrogens is 250 g/mol. The molecule has 1 aromatic rings. The highest BCUT2D eigenvalue weighted by molar-refractivity contribution is 8.00. The van der Waals surface area contributed by atoms with Crippen molar-refractivity contribution < 1.29 is 4.74 Å². The Hall–Kier alpha value is -1.24. The highest BCUT2D eigenvalue weighted by Crippen LogP contribution is 2.26. The van der Waals surface area contributed by atoms with Crippen molar-refractivity contribution in [2.75, 3.05) is 30.0 Å². The zero-order chi connectivity index (χ0) is 12.8. The zero-order valence-corrected chi connectivity index (χ0v) is 11.4. The van der Waals surface area contributed by atoms with Gasteiger partial charge in [0, 0.05) is 11.8 Å². The van der Waals surface area contributed by atoms with Gasteiger partial charge < -0.3 is 15.8 Å². The van der Waals surface area contributed by atoms with Crippen LogP contribution in [0.4, 0.5) is 11.9 Å². The molecule has 0 spiro atoms. The van der Waals surface area contributed by atoms with Gasteiger partial charge in [0.05, 0.1) is 6.61 Å². The first-order valence-electron chi connectivity index (χ1n) is 6.27. The van der Waals surface area contributed by atoms with Crippen molar-refractivity contribution in [3.05, 3.63) is 0 Å². The van der Waals surface area contributed by atoms with E-state index in [1.807, 2.05) is 18.7 Å². The summed E-state index contributed by atoms with van der Waals surface area (Å²) in [6.45, 7) is 3.48. The van der Waals surface area contributed by atoms with Gasteiger partial charge in [-0.25, -0.2) is 0 Å². The molecule has 2 rings (SSSR count). The molecule has 0 aliphatic carbocycles. The number of nitrogen functional groups attached to an aromatic ring is 1. The monoisotopic (exact) mass is 269 g/mol. The lowest BCUT2D eigenvalue weighted by Gasteiger charge is -2.11. The third-order valence-corrected chi connectivity index (χ3v) is 3.98. The van der Waals surface area contributed by atoms with Crippen LogP contribution in [0.2, 0.25) is 0 Å². The summed E-state index contributed by atoms with van der Waals surface area (Å²) >= 11 is 1.99. The SMILES string of the molecule is CCCOc1nc(N)nc(NCC2CCCS2)n1. The maximum atomic E-state index is 5.63. The molecule has 0 aromatic carbocycles. The van der Waals surface area contributed by atoms with E-state index in [0.717, 1.165) is 13.0 Å². The number of thioether (sulfide) groups is 1. The number of nitrogens with two attached hydrogens (primary N) is 1. The van der Waals surface area contributed by atoms with Gasteiger partial charge in [-0.15, -0.1) is 0 Å². The first-order chi connectivity index (χ1) is 8.78. The molecule has 1 aliphatic heterocycles. The molecule has 1 fully saturated rings. The average molecular weight is 269 g/mol. The van der Waals surface area contributed by atoms with E-state index in [1.165, 1.54) is 18.6 Å². The number of anilines is 2. The number of aromatic nitrogens is 3. The molecule has 1 aliphatic rings. The molecule has 0 radical (unpaired) electrons. The van der Waals surface area contributed by atoms with Crippen LogP contribution in [-0.2, 0) is 0 Å². The van der Waals surface area contributed by atoms with E-state index in [2.05, 4.69) is 20.3 Å². The molecule has 1 unspecified atom stereocenters. The Morgan fingerprint density at radius 3 is 3.06 bits per heavy atom. The predicted octanol–water partition coefficient (Wildman–Crippen LogP) is 1.55. The summed E-state index contributed by atoms with van der Waals surface area (Å²) in [5.74, 6) is 1.94. The Balaban J connectivity index is 1.91. The largest absolute Gasteiger partial charge is 0.463 e. The minimum absolute atomic E-state index is 0.192. The van der Waals surface area contributed by atoms with Crippen LogP contribution in [0, 0.1) is 0 Å². The predicted molar refractivity (Wildman–Crippen MR) is 74.0 cm³/mol. The van der Waals surface area contributed by atoms with Crippen LogP contribution in [0.3, 0.4) is 0 Å². The lowest BCUT2D eigenvalue weighted by atomic mass is 10.2. The summed E-state index contributed by atoms with van der Waals surface area (Å²) in [6.07, 6.45) is 3.45. The Bertz CT molecular complexity index is 384. The second-order valence-electron chi connectivity index (χ2n) is 4.16. The molecule has 1 atom stereocenters. The van der Waals surface area contributed by atoms with E-state index in [1.54, 1.807) is 0 Å². The second-order valence-corrected chi connectivity index (χ2v) is 5.57. The zero-order valence-electron chi connectivity index (χ0n) is 10.6. The summed E-state index contributed by atoms with van der Waals surface area (Å²) < 4.78 is 5.36. The first-order valence-corrected chi connectivity index (χ1v) is 7.32. The van der Waals surface area contributed by atoms with Crippen molar-refractivity contribution in [2.24, 2.45) is 0 Å². The highest BCUT2D eigenvalue weighted by atomic mass is 32.2. The summed E-state index contributed by atoms with van der Waals surface area (Å²) in [5, 5.41) is 3.84. The molecule has 18 heavy (non-hydrogen) atoms. The van der Waals surface area contributed by atoms with E-state index in [4.69, 9.17) is 10.5 Å². The average Bonchev–Trinajstić information content (AvgIpc) is 2.86. The van der Waals surface area contributed by atoms with Crippen molar-refractivity contribution >= 4 is 23.7 Å². The Labute approximate surface area is 111 Å². The lowest BCUT2D eigenvalue weighted by molar-refractivity contribution is 0.292. The maximum Gasteiger partial charge on any atom is 0.323 e. The van der Waals surface area contributed by atoms with Crippen LogP contribution in [0.1, 0.15) is 26.2 Å². The van der Waals surface area contributed by atoms with Crippen LogP contribution in [-0.4, -0.2) is 39.1 Å². The number of rotatable bonds is 6. The smallest absolute Gasteiger partial charge is 0.323 e. The van der Waals surface area contributed by atoms with Gasteiger partial charge >= 0.3 is 6.01 Å². The van der Waals surface area contributed by atoms with Gasteiger partial charge in [0.15, 0.2) is 0 Å². The molecule has 0 bridgehead atoms. The summed E-state index contributed by atoms with van der Waals surface area (Å²) in [7, 11) is 0. The summed E-state index contributed by atoms with van der Waals surface area (Å²) in [5.41, 5.74) is 5.63.